The van der Waals surface area contributed by atoms with Gasteiger partial charge in [0.1, 0.15) is 6.33 Å². The maximum Gasteiger partial charge on any atom is 0.165 e. The maximum absolute atomic E-state index is 10.4. The predicted molar refractivity (Wildman–Crippen MR) is 99.1 cm³/mol. The van der Waals surface area contributed by atoms with Crippen LogP contribution in [-0.2, 0) is 0 Å². The zero-order valence-corrected chi connectivity index (χ0v) is 15.5. The van der Waals surface area contributed by atoms with Gasteiger partial charge in [-0.3, -0.25) is 0 Å². The van der Waals surface area contributed by atoms with Crippen LogP contribution in [0, 0.1) is 5.92 Å². The van der Waals surface area contributed by atoms with E-state index in [2.05, 4.69) is 24.4 Å². The lowest BCUT2D eigenvalue weighted by molar-refractivity contribution is 0.163. The summed E-state index contributed by atoms with van der Waals surface area (Å²) < 4.78 is 2.15. The second kappa shape index (κ2) is 7.09. The quantitative estimate of drug-likeness (QED) is 0.828. The molecule has 1 aliphatic carbocycles. The monoisotopic (exact) mass is 360 g/mol. The van der Waals surface area contributed by atoms with Gasteiger partial charge >= 0.3 is 0 Å². The van der Waals surface area contributed by atoms with Crippen LogP contribution in [0.1, 0.15) is 31.7 Å². The Labute approximate surface area is 153 Å². The normalized spacial score (nSPS) is 30.2. The highest BCUT2D eigenvalue weighted by molar-refractivity contribution is 5.83. The summed E-state index contributed by atoms with van der Waals surface area (Å²) in [4.78, 5) is 17.7. The minimum atomic E-state index is -0.402. The molecule has 1 saturated carbocycles. The van der Waals surface area contributed by atoms with E-state index < -0.39 is 6.10 Å². The molecule has 2 fully saturated rings. The number of β-amino-alcohol motifs (C(OH)–C–C–N with tert-alkyl or cyclic N) is 1. The number of likely N-dealkylation sites (tertiary alicyclic amines) is 1. The van der Waals surface area contributed by atoms with Crippen LogP contribution in [0.25, 0.3) is 11.2 Å². The maximum atomic E-state index is 10.4. The van der Waals surface area contributed by atoms with E-state index in [0.717, 1.165) is 49.2 Å². The molecule has 0 spiro atoms. The zero-order chi connectivity index (χ0) is 18.3. The smallest absolute Gasteiger partial charge is 0.165 e. The van der Waals surface area contributed by atoms with Gasteiger partial charge in [0.2, 0.25) is 0 Å². The molecule has 3 heterocycles. The average molecular weight is 360 g/mol. The molecule has 8 nitrogen and oxygen atoms in total. The number of fused-ring (bicyclic) bond motifs is 1. The van der Waals surface area contributed by atoms with Crippen molar-refractivity contribution in [3.8, 4) is 0 Å². The number of imidazole rings is 1. The number of aliphatic hydroxyl groups is 2. The van der Waals surface area contributed by atoms with Gasteiger partial charge in [-0.15, -0.1) is 0 Å². The van der Waals surface area contributed by atoms with E-state index in [1.807, 2.05) is 25.3 Å². The van der Waals surface area contributed by atoms with Crippen molar-refractivity contribution in [3.05, 3.63) is 12.7 Å². The highest BCUT2D eigenvalue weighted by Crippen LogP contribution is 2.35. The zero-order valence-electron chi connectivity index (χ0n) is 15.5. The Hall–Kier alpha value is -1.77. The Bertz CT molecular complexity index is 765. The molecule has 2 aliphatic rings. The van der Waals surface area contributed by atoms with Gasteiger partial charge in [0.05, 0.1) is 18.5 Å². The molecule has 26 heavy (non-hydrogen) atoms. The number of hydrogen-bond acceptors (Lipinski definition) is 7. The lowest BCUT2D eigenvalue weighted by atomic mass is 9.86. The first-order valence-electron chi connectivity index (χ1n) is 9.46. The second-order valence-corrected chi connectivity index (χ2v) is 7.86. The fraction of sp³-hybridized carbons (Fsp3) is 0.722. The topological polar surface area (TPSA) is 90.5 Å². The van der Waals surface area contributed by atoms with E-state index in [-0.39, 0.29) is 12.6 Å². The molecular weight excluding hydrogens is 332 g/mol. The first-order valence-corrected chi connectivity index (χ1v) is 9.46. The fourth-order valence-electron chi connectivity index (χ4n) is 4.54. The molecule has 1 aliphatic heterocycles. The van der Waals surface area contributed by atoms with Gasteiger partial charge in [-0.2, -0.15) is 0 Å². The van der Waals surface area contributed by atoms with Crippen molar-refractivity contribution in [2.24, 2.45) is 5.92 Å². The number of aliphatic hydroxyl groups excluding tert-OH is 2. The van der Waals surface area contributed by atoms with E-state index in [0.29, 0.717) is 18.5 Å². The molecule has 0 amide bonds. The molecule has 0 aromatic carbocycles. The first-order chi connectivity index (χ1) is 12.6. The Morgan fingerprint density at radius 2 is 2.08 bits per heavy atom. The standard InChI is InChI=1S/C18H28N6O2/c1-22-7-14(15(26)8-22)23(2)17-16-18(20-10-19-17)24(11-21-16)13-5-3-4-12(6-13)9-25/h10-15,25-26H,3-9H2,1-2H3/t12-,13+,14+,15+/m0/s1. The third-order valence-electron chi connectivity index (χ3n) is 6.02. The Morgan fingerprint density at radius 3 is 2.81 bits per heavy atom. The Kier molecular flexibility index (Phi) is 4.81. The number of aromatic nitrogens is 4. The van der Waals surface area contributed by atoms with Crippen molar-refractivity contribution in [3.63, 3.8) is 0 Å². The summed E-state index contributed by atoms with van der Waals surface area (Å²) >= 11 is 0. The van der Waals surface area contributed by atoms with Crippen LogP contribution < -0.4 is 4.90 Å². The first kappa shape index (κ1) is 17.6. The molecule has 2 aromatic rings. The van der Waals surface area contributed by atoms with E-state index >= 15 is 0 Å². The summed E-state index contributed by atoms with van der Waals surface area (Å²) in [5, 5.41) is 19.9. The number of hydrogen-bond donors (Lipinski definition) is 2. The molecule has 8 heteroatoms. The highest BCUT2D eigenvalue weighted by Gasteiger charge is 2.34. The summed E-state index contributed by atoms with van der Waals surface area (Å²) in [7, 11) is 3.98. The van der Waals surface area contributed by atoms with Gasteiger partial charge in [-0.25, -0.2) is 15.0 Å². The molecule has 4 atom stereocenters. The van der Waals surface area contributed by atoms with Gasteiger partial charge in [-0.05, 0) is 32.2 Å². The van der Waals surface area contributed by atoms with Crippen LogP contribution in [0.4, 0.5) is 5.82 Å². The van der Waals surface area contributed by atoms with Gasteiger partial charge in [-0.1, -0.05) is 6.42 Å². The highest BCUT2D eigenvalue weighted by atomic mass is 16.3. The lowest BCUT2D eigenvalue weighted by Gasteiger charge is -2.29. The molecule has 0 radical (unpaired) electrons. The molecule has 142 valence electrons. The lowest BCUT2D eigenvalue weighted by Crippen LogP contribution is -2.41. The van der Waals surface area contributed by atoms with Gasteiger partial charge in [0, 0.05) is 32.8 Å². The van der Waals surface area contributed by atoms with Crippen molar-refractivity contribution in [2.45, 2.75) is 43.9 Å². The van der Waals surface area contributed by atoms with Crippen LogP contribution in [0.5, 0.6) is 0 Å². The van der Waals surface area contributed by atoms with Crippen molar-refractivity contribution in [2.75, 3.05) is 38.7 Å². The summed E-state index contributed by atoms with van der Waals surface area (Å²) in [6.45, 7) is 1.71. The summed E-state index contributed by atoms with van der Waals surface area (Å²) in [6, 6.07) is 0.318. The Balaban J connectivity index is 1.65. The average Bonchev–Trinajstić information content (AvgIpc) is 3.23. The molecule has 0 bridgehead atoms. The van der Waals surface area contributed by atoms with Crippen LogP contribution in [-0.4, -0.2) is 80.6 Å². The van der Waals surface area contributed by atoms with Gasteiger partial charge in [0.25, 0.3) is 0 Å². The molecule has 2 aromatic heterocycles. The van der Waals surface area contributed by atoms with Crippen molar-refractivity contribution in [1.82, 2.24) is 24.4 Å². The second-order valence-electron chi connectivity index (χ2n) is 7.86. The van der Waals surface area contributed by atoms with Gasteiger partial charge < -0.3 is 24.6 Å². The van der Waals surface area contributed by atoms with Crippen LogP contribution in [0.2, 0.25) is 0 Å². The summed E-state index contributed by atoms with van der Waals surface area (Å²) in [5.74, 6) is 1.13. The van der Waals surface area contributed by atoms with E-state index in [4.69, 9.17) is 0 Å². The number of nitrogens with zero attached hydrogens (tertiary/aromatic N) is 6. The van der Waals surface area contributed by atoms with Crippen LogP contribution in [0.15, 0.2) is 12.7 Å². The number of rotatable bonds is 4. The predicted octanol–water partition coefficient (Wildman–Crippen LogP) is 0.661. The molecular formula is C18H28N6O2. The SMILES string of the molecule is CN1C[C@@H](O)[C@H](N(C)c2ncnc3c2ncn3[C@@H]2CCC[C@H](CO)C2)C1. The molecule has 0 unspecified atom stereocenters. The van der Waals surface area contributed by atoms with Crippen LogP contribution in [0.3, 0.4) is 0 Å². The molecule has 4 rings (SSSR count). The summed E-state index contributed by atoms with van der Waals surface area (Å²) in [6.07, 6.45) is 7.30. The fourth-order valence-corrected chi connectivity index (χ4v) is 4.54. The van der Waals surface area contributed by atoms with Crippen molar-refractivity contribution >= 4 is 17.0 Å². The van der Waals surface area contributed by atoms with Crippen LogP contribution >= 0.6 is 0 Å². The molecule has 1 saturated heterocycles. The molecule has 2 N–H and O–H groups in total. The van der Waals surface area contributed by atoms with E-state index in [9.17, 15) is 10.2 Å². The minimum Gasteiger partial charge on any atom is -0.396 e. The Morgan fingerprint density at radius 1 is 1.23 bits per heavy atom. The third kappa shape index (κ3) is 3.06. The number of anilines is 1. The summed E-state index contributed by atoms with van der Waals surface area (Å²) in [5.41, 5.74) is 1.62. The van der Waals surface area contributed by atoms with E-state index in [1.165, 1.54) is 0 Å². The third-order valence-corrected chi connectivity index (χ3v) is 6.02. The van der Waals surface area contributed by atoms with Crippen molar-refractivity contribution < 1.29 is 10.2 Å². The largest absolute Gasteiger partial charge is 0.396 e. The number of likely N-dealkylation sites (N-methyl/N-ethyl adjacent to an activating group) is 2. The minimum absolute atomic E-state index is 0.00306. The van der Waals surface area contributed by atoms with Gasteiger partial charge in [0.15, 0.2) is 17.0 Å². The van der Waals surface area contributed by atoms with E-state index in [1.54, 1.807) is 6.33 Å². The van der Waals surface area contributed by atoms with Crippen molar-refractivity contribution in [1.29, 1.82) is 0 Å².